The number of hydrogen-bond acceptors (Lipinski definition) is 3. The van der Waals surface area contributed by atoms with E-state index in [0.717, 1.165) is 36.6 Å². The fourth-order valence-corrected chi connectivity index (χ4v) is 4.23. The summed E-state index contributed by atoms with van der Waals surface area (Å²) in [6.07, 6.45) is 4.78. The first kappa shape index (κ1) is 16.9. The standard InChI is InChI=1S/C18H25BrN2O2/c19-15-6-4-14(5-7-15)18(8-10-23-11-9-18)21-17(22)16-3-1-2-13(16)12-20/h4-7,13,16H,1-3,8-12,20H2,(H,21,22)/t13-,16-/m1/s1. The van der Waals surface area contributed by atoms with E-state index in [-0.39, 0.29) is 17.4 Å². The number of nitrogens with one attached hydrogen (secondary N) is 1. The Labute approximate surface area is 146 Å². The maximum Gasteiger partial charge on any atom is 0.224 e. The number of nitrogens with two attached hydrogens (primary N) is 1. The largest absolute Gasteiger partial charge is 0.381 e. The predicted octanol–water partition coefficient (Wildman–Crippen LogP) is 2.95. The summed E-state index contributed by atoms with van der Waals surface area (Å²) in [6, 6.07) is 8.28. The van der Waals surface area contributed by atoms with Crippen molar-refractivity contribution in [2.24, 2.45) is 17.6 Å². The van der Waals surface area contributed by atoms with Crippen LogP contribution in [0.25, 0.3) is 0 Å². The van der Waals surface area contributed by atoms with Crippen molar-refractivity contribution in [1.29, 1.82) is 0 Å². The highest BCUT2D eigenvalue weighted by atomic mass is 79.9. The monoisotopic (exact) mass is 380 g/mol. The summed E-state index contributed by atoms with van der Waals surface area (Å²) in [4.78, 5) is 12.9. The van der Waals surface area contributed by atoms with Gasteiger partial charge >= 0.3 is 0 Å². The molecule has 2 fully saturated rings. The molecular weight excluding hydrogens is 356 g/mol. The molecule has 0 radical (unpaired) electrons. The molecule has 0 unspecified atom stereocenters. The number of hydrogen-bond donors (Lipinski definition) is 2. The Kier molecular flexibility index (Phi) is 5.39. The molecule has 1 aromatic carbocycles. The summed E-state index contributed by atoms with van der Waals surface area (Å²) in [5.41, 5.74) is 6.71. The van der Waals surface area contributed by atoms with E-state index in [2.05, 4.69) is 33.4 Å². The minimum Gasteiger partial charge on any atom is -0.381 e. The smallest absolute Gasteiger partial charge is 0.224 e. The second kappa shape index (κ2) is 7.32. The van der Waals surface area contributed by atoms with Gasteiger partial charge in [0, 0.05) is 23.6 Å². The number of ether oxygens (including phenoxy) is 1. The Balaban J connectivity index is 1.81. The summed E-state index contributed by atoms with van der Waals surface area (Å²) in [5.74, 6) is 0.565. The van der Waals surface area contributed by atoms with Gasteiger partial charge in [0.2, 0.25) is 5.91 Å². The first-order valence-electron chi connectivity index (χ1n) is 8.50. The summed E-state index contributed by atoms with van der Waals surface area (Å²) < 4.78 is 6.59. The molecule has 126 valence electrons. The third-order valence-corrected chi connectivity index (χ3v) is 5.93. The van der Waals surface area contributed by atoms with E-state index in [4.69, 9.17) is 10.5 Å². The number of rotatable bonds is 4. The average Bonchev–Trinajstić information content (AvgIpc) is 3.05. The van der Waals surface area contributed by atoms with Crippen molar-refractivity contribution in [2.75, 3.05) is 19.8 Å². The van der Waals surface area contributed by atoms with E-state index in [1.54, 1.807) is 0 Å². The number of amides is 1. The van der Waals surface area contributed by atoms with Gasteiger partial charge in [0.15, 0.2) is 0 Å². The van der Waals surface area contributed by atoms with Crippen LogP contribution in [0, 0.1) is 11.8 Å². The molecule has 5 heteroatoms. The summed E-state index contributed by atoms with van der Waals surface area (Å²) in [7, 11) is 0. The normalized spacial score (nSPS) is 26.9. The molecule has 4 nitrogen and oxygen atoms in total. The fourth-order valence-electron chi connectivity index (χ4n) is 3.97. The van der Waals surface area contributed by atoms with Crippen molar-refractivity contribution in [1.82, 2.24) is 5.32 Å². The van der Waals surface area contributed by atoms with Gasteiger partial charge in [0.05, 0.1) is 5.54 Å². The van der Waals surface area contributed by atoms with E-state index >= 15 is 0 Å². The van der Waals surface area contributed by atoms with Crippen molar-refractivity contribution >= 4 is 21.8 Å². The van der Waals surface area contributed by atoms with Gasteiger partial charge in [-0.25, -0.2) is 0 Å². The molecule has 1 aliphatic carbocycles. The second-order valence-electron chi connectivity index (χ2n) is 6.72. The summed E-state index contributed by atoms with van der Waals surface area (Å²) in [5, 5.41) is 3.38. The quantitative estimate of drug-likeness (QED) is 0.843. The van der Waals surface area contributed by atoms with Crippen LogP contribution in [0.1, 0.15) is 37.7 Å². The molecule has 1 heterocycles. The zero-order valence-corrected chi connectivity index (χ0v) is 15.0. The lowest BCUT2D eigenvalue weighted by molar-refractivity contribution is -0.129. The van der Waals surface area contributed by atoms with Crippen LogP contribution >= 0.6 is 15.9 Å². The Bertz CT molecular complexity index is 540. The number of benzene rings is 1. The first-order valence-corrected chi connectivity index (χ1v) is 9.30. The van der Waals surface area contributed by atoms with E-state index in [1.807, 2.05) is 12.1 Å². The molecule has 0 aromatic heterocycles. The lowest BCUT2D eigenvalue weighted by Crippen LogP contribution is -2.52. The molecule has 1 amide bonds. The van der Waals surface area contributed by atoms with Gasteiger partial charge in [0.1, 0.15) is 0 Å². The topological polar surface area (TPSA) is 64.4 Å². The Morgan fingerprint density at radius 2 is 1.96 bits per heavy atom. The molecule has 3 rings (SSSR count). The molecular formula is C18H25BrN2O2. The maximum absolute atomic E-state index is 12.9. The van der Waals surface area contributed by atoms with E-state index in [0.29, 0.717) is 25.7 Å². The highest BCUT2D eigenvalue weighted by molar-refractivity contribution is 9.10. The Hall–Kier alpha value is -0.910. The van der Waals surface area contributed by atoms with E-state index in [1.165, 1.54) is 5.56 Å². The van der Waals surface area contributed by atoms with Crippen molar-refractivity contribution in [3.05, 3.63) is 34.3 Å². The maximum atomic E-state index is 12.9. The van der Waals surface area contributed by atoms with Crippen molar-refractivity contribution < 1.29 is 9.53 Å². The molecule has 1 aliphatic heterocycles. The van der Waals surface area contributed by atoms with Gasteiger partial charge in [0.25, 0.3) is 0 Å². The van der Waals surface area contributed by atoms with Crippen LogP contribution in [0.2, 0.25) is 0 Å². The predicted molar refractivity (Wildman–Crippen MR) is 93.9 cm³/mol. The lowest BCUT2D eigenvalue weighted by Gasteiger charge is -2.39. The van der Waals surface area contributed by atoms with E-state index in [9.17, 15) is 4.79 Å². The molecule has 23 heavy (non-hydrogen) atoms. The number of carbonyl (C=O) groups is 1. The van der Waals surface area contributed by atoms with Crippen LogP contribution in [0.15, 0.2) is 28.7 Å². The summed E-state index contributed by atoms with van der Waals surface area (Å²) in [6.45, 7) is 1.97. The third-order valence-electron chi connectivity index (χ3n) is 5.40. The van der Waals surface area contributed by atoms with Gasteiger partial charge in [-0.2, -0.15) is 0 Å². The number of carbonyl (C=O) groups excluding carboxylic acids is 1. The number of halogens is 1. The lowest BCUT2D eigenvalue weighted by atomic mass is 9.81. The molecule has 2 atom stereocenters. The van der Waals surface area contributed by atoms with Crippen molar-refractivity contribution in [2.45, 2.75) is 37.6 Å². The SMILES string of the molecule is NC[C@H]1CCC[C@H]1C(=O)NC1(c2ccc(Br)cc2)CCOCC1. The highest BCUT2D eigenvalue weighted by Gasteiger charge is 2.40. The van der Waals surface area contributed by atoms with Gasteiger partial charge in [-0.1, -0.05) is 34.5 Å². The molecule has 2 aliphatic rings. The Morgan fingerprint density at radius 1 is 1.26 bits per heavy atom. The second-order valence-corrected chi connectivity index (χ2v) is 7.64. The minimum atomic E-state index is -0.308. The van der Waals surface area contributed by atoms with Gasteiger partial charge in [-0.3, -0.25) is 4.79 Å². The fraction of sp³-hybridized carbons (Fsp3) is 0.611. The van der Waals surface area contributed by atoms with Crippen LogP contribution in [0.4, 0.5) is 0 Å². The first-order chi connectivity index (χ1) is 11.1. The van der Waals surface area contributed by atoms with E-state index < -0.39 is 0 Å². The zero-order chi connectivity index (χ0) is 16.3. The molecule has 0 spiro atoms. The highest BCUT2D eigenvalue weighted by Crippen LogP contribution is 2.36. The zero-order valence-electron chi connectivity index (χ0n) is 13.4. The molecule has 3 N–H and O–H groups in total. The molecule has 0 bridgehead atoms. The minimum absolute atomic E-state index is 0.0650. The molecule has 1 saturated carbocycles. The van der Waals surface area contributed by atoms with Crippen LogP contribution in [-0.4, -0.2) is 25.7 Å². The average molecular weight is 381 g/mol. The van der Waals surface area contributed by atoms with Crippen LogP contribution in [0.5, 0.6) is 0 Å². The van der Waals surface area contributed by atoms with Crippen LogP contribution in [-0.2, 0) is 15.1 Å². The van der Waals surface area contributed by atoms with Crippen molar-refractivity contribution in [3.8, 4) is 0 Å². The van der Waals surface area contributed by atoms with Crippen LogP contribution < -0.4 is 11.1 Å². The van der Waals surface area contributed by atoms with Gasteiger partial charge in [-0.05, 0) is 55.8 Å². The van der Waals surface area contributed by atoms with Crippen molar-refractivity contribution in [3.63, 3.8) is 0 Å². The summed E-state index contributed by atoms with van der Waals surface area (Å²) >= 11 is 3.48. The van der Waals surface area contributed by atoms with Gasteiger partial charge < -0.3 is 15.8 Å². The van der Waals surface area contributed by atoms with Crippen LogP contribution in [0.3, 0.4) is 0 Å². The third kappa shape index (κ3) is 3.62. The molecule has 1 saturated heterocycles. The van der Waals surface area contributed by atoms with Gasteiger partial charge in [-0.15, -0.1) is 0 Å². The molecule has 1 aromatic rings. The Morgan fingerprint density at radius 3 is 2.61 bits per heavy atom.